The first-order chi connectivity index (χ1) is 6.06. The van der Waals surface area contributed by atoms with Gasteiger partial charge in [0.25, 0.3) is 0 Å². The number of hydrogen-bond donors (Lipinski definition) is 0. The van der Waals surface area contributed by atoms with E-state index in [1.807, 2.05) is 0 Å². The van der Waals surface area contributed by atoms with E-state index in [2.05, 4.69) is 9.47 Å². The van der Waals surface area contributed by atoms with Gasteiger partial charge >= 0.3 is 17.7 Å². The van der Waals surface area contributed by atoms with Crippen LogP contribution in [0.3, 0.4) is 0 Å². The van der Waals surface area contributed by atoms with E-state index in [1.165, 1.54) is 0 Å². The van der Waals surface area contributed by atoms with Crippen LogP contribution in [-0.2, 0) is 19.1 Å². The Bertz CT molecular complexity index is 214. The van der Waals surface area contributed by atoms with E-state index in [0.717, 1.165) is 0 Å². The van der Waals surface area contributed by atoms with Gasteiger partial charge in [-0.2, -0.15) is 0 Å². The standard InChI is InChI=1S/C8H11ClO4/c1-3-8(4-2)5(10)12-7(9)13-6(8)11/h7H,3-4H2,1-2H3. The maximum Gasteiger partial charge on any atom is 0.327 e. The third kappa shape index (κ3) is 1.50. The van der Waals surface area contributed by atoms with Crippen molar-refractivity contribution < 1.29 is 19.1 Å². The molecule has 0 atom stereocenters. The van der Waals surface area contributed by atoms with E-state index >= 15 is 0 Å². The minimum atomic E-state index is -1.27. The van der Waals surface area contributed by atoms with Crippen LogP contribution >= 0.6 is 11.6 Å². The van der Waals surface area contributed by atoms with Crippen LogP contribution in [0.2, 0.25) is 0 Å². The van der Waals surface area contributed by atoms with Gasteiger partial charge in [-0.25, -0.2) is 0 Å². The van der Waals surface area contributed by atoms with Crippen LogP contribution in [0.15, 0.2) is 0 Å². The molecule has 0 aliphatic carbocycles. The molecule has 1 aliphatic rings. The molecule has 1 aliphatic heterocycles. The molecule has 1 saturated heterocycles. The molecule has 0 radical (unpaired) electrons. The Labute approximate surface area is 81.1 Å². The van der Waals surface area contributed by atoms with Gasteiger partial charge < -0.3 is 9.47 Å². The molecule has 5 heteroatoms. The second kappa shape index (κ2) is 3.54. The fourth-order valence-corrected chi connectivity index (χ4v) is 1.49. The molecule has 0 amide bonds. The molecule has 1 rings (SSSR count). The Morgan fingerprint density at radius 2 is 1.62 bits per heavy atom. The topological polar surface area (TPSA) is 52.6 Å². The summed E-state index contributed by atoms with van der Waals surface area (Å²) in [6.45, 7) is 3.47. The minimum Gasteiger partial charge on any atom is -0.410 e. The van der Waals surface area contributed by atoms with Gasteiger partial charge in [-0.15, -0.1) is 0 Å². The molecule has 13 heavy (non-hydrogen) atoms. The van der Waals surface area contributed by atoms with Gasteiger partial charge in [0.2, 0.25) is 0 Å². The first-order valence-electron chi connectivity index (χ1n) is 4.13. The highest BCUT2D eigenvalue weighted by Gasteiger charge is 2.51. The zero-order valence-electron chi connectivity index (χ0n) is 7.50. The highest BCUT2D eigenvalue weighted by atomic mass is 35.5. The second-order valence-electron chi connectivity index (χ2n) is 2.87. The highest BCUT2D eigenvalue weighted by Crippen LogP contribution is 2.34. The minimum absolute atomic E-state index is 0.366. The largest absolute Gasteiger partial charge is 0.410 e. The molecule has 0 aromatic carbocycles. The first-order valence-corrected chi connectivity index (χ1v) is 4.56. The van der Waals surface area contributed by atoms with Crippen LogP contribution < -0.4 is 0 Å². The summed E-state index contributed by atoms with van der Waals surface area (Å²) in [5, 5.41) is 0. The molecule has 0 saturated carbocycles. The highest BCUT2D eigenvalue weighted by molar-refractivity contribution is 6.21. The van der Waals surface area contributed by atoms with Crippen molar-refractivity contribution in [1.82, 2.24) is 0 Å². The van der Waals surface area contributed by atoms with Crippen molar-refractivity contribution in [3.8, 4) is 0 Å². The summed E-state index contributed by atoms with van der Waals surface area (Å²) in [7, 11) is 0. The average molecular weight is 207 g/mol. The van der Waals surface area contributed by atoms with Crippen molar-refractivity contribution in [1.29, 1.82) is 0 Å². The van der Waals surface area contributed by atoms with Crippen molar-refractivity contribution in [3.63, 3.8) is 0 Å². The lowest BCUT2D eigenvalue weighted by Crippen LogP contribution is -2.48. The molecule has 1 heterocycles. The summed E-state index contributed by atoms with van der Waals surface area (Å²) in [4.78, 5) is 22.8. The zero-order chi connectivity index (χ0) is 10.1. The van der Waals surface area contributed by atoms with Gasteiger partial charge in [-0.1, -0.05) is 13.8 Å². The summed E-state index contributed by atoms with van der Waals surface area (Å²) in [6.07, 6.45) is 0.732. The number of rotatable bonds is 2. The number of carbonyl (C=O) groups is 2. The Morgan fingerprint density at radius 1 is 1.23 bits per heavy atom. The number of carbonyl (C=O) groups excluding carboxylic acids is 2. The van der Waals surface area contributed by atoms with Gasteiger partial charge in [0.1, 0.15) is 0 Å². The quantitative estimate of drug-likeness (QED) is 0.390. The number of hydrogen-bond acceptors (Lipinski definition) is 4. The predicted molar refractivity (Wildman–Crippen MR) is 44.8 cm³/mol. The molecule has 0 bridgehead atoms. The van der Waals surface area contributed by atoms with E-state index in [1.54, 1.807) is 13.8 Å². The van der Waals surface area contributed by atoms with Crippen molar-refractivity contribution in [2.45, 2.75) is 32.4 Å². The van der Waals surface area contributed by atoms with E-state index in [0.29, 0.717) is 12.8 Å². The maximum atomic E-state index is 11.4. The number of alkyl halides is 1. The molecule has 0 spiro atoms. The fourth-order valence-electron chi connectivity index (χ4n) is 1.33. The SMILES string of the molecule is CCC1(CC)C(=O)OC(Cl)OC1=O. The average Bonchev–Trinajstić information content (AvgIpc) is 2.05. The maximum absolute atomic E-state index is 11.4. The van der Waals surface area contributed by atoms with E-state index < -0.39 is 23.1 Å². The molecule has 0 aromatic rings. The molecular weight excluding hydrogens is 196 g/mol. The number of cyclic esters (lactones) is 2. The van der Waals surface area contributed by atoms with Crippen LogP contribution in [0.1, 0.15) is 26.7 Å². The van der Waals surface area contributed by atoms with Crippen molar-refractivity contribution in [2.24, 2.45) is 5.41 Å². The van der Waals surface area contributed by atoms with Crippen LogP contribution in [0.5, 0.6) is 0 Å². The number of ether oxygens (including phenoxy) is 2. The lowest BCUT2D eigenvalue weighted by molar-refractivity contribution is -0.209. The summed E-state index contributed by atoms with van der Waals surface area (Å²) in [5.74, 6) is -2.45. The molecule has 0 aromatic heterocycles. The lowest BCUT2D eigenvalue weighted by Gasteiger charge is -2.32. The van der Waals surface area contributed by atoms with Crippen LogP contribution in [0.25, 0.3) is 0 Å². The molecular formula is C8H11ClO4. The summed E-state index contributed by atoms with van der Waals surface area (Å²) in [5.41, 5.74) is -1.15. The van der Waals surface area contributed by atoms with Crippen molar-refractivity contribution in [2.75, 3.05) is 0 Å². The van der Waals surface area contributed by atoms with E-state index in [-0.39, 0.29) is 0 Å². The van der Waals surface area contributed by atoms with Crippen LogP contribution in [-0.4, -0.2) is 17.7 Å². The Morgan fingerprint density at radius 3 is 1.92 bits per heavy atom. The summed E-state index contributed by atoms with van der Waals surface area (Å²) < 4.78 is 9.28. The zero-order valence-corrected chi connectivity index (χ0v) is 8.26. The third-order valence-electron chi connectivity index (χ3n) is 2.39. The van der Waals surface area contributed by atoms with E-state index in [9.17, 15) is 9.59 Å². The van der Waals surface area contributed by atoms with Gasteiger partial charge in [-0.3, -0.25) is 9.59 Å². The normalized spacial score (nSPS) is 22.4. The van der Waals surface area contributed by atoms with Gasteiger partial charge in [-0.05, 0) is 24.4 Å². The van der Waals surface area contributed by atoms with Crippen LogP contribution in [0, 0.1) is 5.41 Å². The van der Waals surface area contributed by atoms with Crippen molar-refractivity contribution in [3.05, 3.63) is 0 Å². The molecule has 1 fully saturated rings. The molecule has 0 N–H and O–H groups in total. The first kappa shape index (κ1) is 10.3. The Balaban J connectivity index is 2.94. The smallest absolute Gasteiger partial charge is 0.327 e. The van der Waals surface area contributed by atoms with Gasteiger partial charge in [0.05, 0.1) is 0 Å². The molecule has 0 unspecified atom stereocenters. The third-order valence-corrected chi connectivity index (χ3v) is 2.57. The predicted octanol–water partition coefficient (Wildman–Crippen LogP) is 1.42. The lowest BCUT2D eigenvalue weighted by atomic mass is 9.82. The summed E-state index contributed by atoms with van der Waals surface area (Å²) in [6, 6.07) is 0. The number of esters is 2. The fraction of sp³-hybridized carbons (Fsp3) is 0.750. The van der Waals surface area contributed by atoms with E-state index in [4.69, 9.17) is 11.6 Å². The van der Waals surface area contributed by atoms with Crippen molar-refractivity contribution >= 4 is 23.5 Å². The molecule has 4 nitrogen and oxygen atoms in total. The number of halogens is 1. The molecule has 74 valence electrons. The summed E-state index contributed by atoms with van der Waals surface area (Å²) >= 11 is 5.36. The Kier molecular flexibility index (Phi) is 2.81. The second-order valence-corrected chi connectivity index (χ2v) is 3.23. The Hall–Kier alpha value is -0.770. The monoisotopic (exact) mass is 206 g/mol. The van der Waals surface area contributed by atoms with Gasteiger partial charge in [0, 0.05) is 0 Å². The van der Waals surface area contributed by atoms with Crippen LogP contribution in [0.4, 0.5) is 0 Å². The van der Waals surface area contributed by atoms with Gasteiger partial charge in [0.15, 0.2) is 5.41 Å².